The topological polar surface area (TPSA) is 124 Å². The number of aromatic nitrogens is 2. The van der Waals surface area contributed by atoms with E-state index in [1.165, 1.54) is 29.5 Å². The normalized spacial score (nSPS) is 10.5. The Hall–Kier alpha value is -2.98. The molecule has 0 aliphatic rings. The van der Waals surface area contributed by atoms with E-state index in [-0.39, 0.29) is 11.3 Å². The second kappa shape index (κ2) is 7.93. The molecule has 26 heavy (non-hydrogen) atoms. The van der Waals surface area contributed by atoms with Crippen LogP contribution >= 0.6 is 23.1 Å². The molecule has 10 heteroatoms. The summed E-state index contributed by atoms with van der Waals surface area (Å²) in [6, 6.07) is 13.9. The Kier molecular flexibility index (Phi) is 5.44. The number of nitro groups is 1. The van der Waals surface area contributed by atoms with E-state index in [9.17, 15) is 14.9 Å². The average molecular weight is 387 g/mol. The highest BCUT2D eigenvalue weighted by molar-refractivity contribution is 8.01. The Bertz CT molecular complexity index is 946. The lowest BCUT2D eigenvalue weighted by atomic mass is 10.2. The Labute approximate surface area is 156 Å². The van der Waals surface area contributed by atoms with Crippen molar-refractivity contribution in [3.63, 3.8) is 0 Å². The highest BCUT2D eigenvalue weighted by Gasteiger charge is 2.19. The van der Waals surface area contributed by atoms with Gasteiger partial charge in [0.1, 0.15) is 0 Å². The number of carbonyl (C=O) groups excluding carboxylic acids is 1. The summed E-state index contributed by atoms with van der Waals surface area (Å²) >= 11 is 2.41. The van der Waals surface area contributed by atoms with Crippen LogP contribution in [0.15, 0.2) is 57.8 Å². The fourth-order valence-corrected chi connectivity index (χ4v) is 3.88. The van der Waals surface area contributed by atoms with Crippen LogP contribution in [0.4, 0.5) is 10.8 Å². The molecule has 1 aromatic heterocycles. The Balaban J connectivity index is 1.72. The lowest BCUT2D eigenvalue weighted by Crippen LogP contribution is -2.11. The molecule has 0 aliphatic carbocycles. The number of rotatable bonds is 7. The van der Waals surface area contributed by atoms with E-state index in [1.54, 1.807) is 0 Å². The zero-order valence-electron chi connectivity index (χ0n) is 13.3. The van der Waals surface area contributed by atoms with Gasteiger partial charge in [0.15, 0.2) is 4.34 Å². The molecule has 1 heterocycles. The standard InChI is InChI=1S/C16H13N5O3S2/c17-14(22)11-6-7-13(12(8-11)21(23)24)25-16-20-19-15(26-16)18-9-10-4-2-1-3-5-10/h1-8H,9H2,(H2,17,22)(H,18,19). The molecule has 3 N–H and O–H groups in total. The van der Waals surface area contributed by atoms with E-state index < -0.39 is 10.8 Å². The number of nitrogens with zero attached hydrogens (tertiary/aromatic N) is 3. The van der Waals surface area contributed by atoms with Crippen molar-refractivity contribution >= 4 is 39.8 Å². The minimum absolute atomic E-state index is 0.0866. The molecule has 0 atom stereocenters. The molecule has 0 bridgehead atoms. The summed E-state index contributed by atoms with van der Waals surface area (Å²) in [5, 5.41) is 23.1. The van der Waals surface area contributed by atoms with Crippen molar-refractivity contribution < 1.29 is 9.72 Å². The van der Waals surface area contributed by atoms with Gasteiger partial charge in [0.05, 0.1) is 9.82 Å². The maximum Gasteiger partial charge on any atom is 0.284 e. The Morgan fingerprint density at radius 2 is 2.00 bits per heavy atom. The van der Waals surface area contributed by atoms with Gasteiger partial charge < -0.3 is 11.1 Å². The van der Waals surface area contributed by atoms with Gasteiger partial charge in [-0.2, -0.15) is 0 Å². The monoisotopic (exact) mass is 387 g/mol. The molecular weight excluding hydrogens is 374 g/mol. The van der Waals surface area contributed by atoms with Crippen molar-refractivity contribution in [2.75, 3.05) is 5.32 Å². The SMILES string of the molecule is NC(=O)c1ccc(Sc2nnc(NCc3ccccc3)s2)c([N+](=O)[O-])c1. The molecule has 0 fully saturated rings. The molecular formula is C16H13N5O3S2. The predicted octanol–water partition coefficient (Wildman–Crippen LogP) is 3.31. The first-order valence-electron chi connectivity index (χ1n) is 7.40. The lowest BCUT2D eigenvalue weighted by Gasteiger charge is -2.02. The summed E-state index contributed by atoms with van der Waals surface area (Å²) in [6.07, 6.45) is 0. The van der Waals surface area contributed by atoms with E-state index in [0.717, 1.165) is 17.3 Å². The van der Waals surface area contributed by atoms with E-state index in [0.29, 0.717) is 20.9 Å². The number of hydrogen-bond donors (Lipinski definition) is 2. The fraction of sp³-hybridized carbons (Fsp3) is 0.0625. The second-order valence-corrected chi connectivity index (χ2v) is 7.38. The van der Waals surface area contributed by atoms with Crippen LogP contribution in [0.3, 0.4) is 0 Å². The minimum atomic E-state index is -0.715. The molecule has 8 nitrogen and oxygen atoms in total. The molecule has 0 saturated heterocycles. The van der Waals surface area contributed by atoms with E-state index in [1.807, 2.05) is 30.3 Å². The summed E-state index contributed by atoms with van der Waals surface area (Å²) in [4.78, 5) is 22.3. The second-order valence-electron chi connectivity index (χ2n) is 5.12. The Morgan fingerprint density at radius 1 is 1.23 bits per heavy atom. The van der Waals surface area contributed by atoms with Crippen molar-refractivity contribution in [3.8, 4) is 0 Å². The highest BCUT2D eigenvalue weighted by Crippen LogP contribution is 2.37. The molecule has 1 amide bonds. The first-order valence-corrected chi connectivity index (χ1v) is 9.03. The van der Waals surface area contributed by atoms with Gasteiger partial charge in [-0.15, -0.1) is 10.2 Å². The number of primary amides is 1. The first kappa shape index (κ1) is 17.8. The number of nitrogens with one attached hydrogen (secondary N) is 1. The van der Waals surface area contributed by atoms with Crippen LogP contribution < -0.4 is 11.1 Å². The largest absolute Gasteiger partial charge is 0.366 e. The van der Waals surface area contributed by atoms with Crippen LogP contribution in [-0.4, -0.2) is 21.0 Å². The van der Waals surface area contributed by atoms with Gasteiger partial charge >= 0.3 is 0 Å². The smallest absolute Gasteiger partial charge is 0.284 e. The fourth-order valence-electron chi connectivity index (χ4n) is 2.09. The molecule has 3 aromatic rings. The Morgan fingerprint density at radius 3 is 2.69 bits per heavy atom. The summed E-state index contributed by atoms with van der Waals surface area (Å²) in [5.41, 5.74) is 6.17. The summed E-state index contributed by atoms with van der Waals surface area (Å²) in [6.45, 7) is 0.605. The van der Waals surface area contributed by atoms with Gasteiger partial charge in [0.2, 0.25) is 11.0 Å². The molecule has 2 aromatic carbocycles. The van der Waals surface area contributed by atoms with Crippen LogP contribution in [0, 0.1) is 10.1 Å². The predicted molar refractivity (Wildman–Crippen MR) is 99.4 cm³/mol. The number of amides is 1. The molecule has 0 aliphatic heterocycles. The van der Waals surface area contributed by atoms with Gasteiger partial charge in [-0.1, -0.05) is 41.7 Å². The number of nitro benzene ring substituents is 1. The third-order valence-corrected chi connectivity index (χ3v) is 5.33. The number of nitrogens with two attached hydrogens (primary N) is 1. The van der Waals surface area contributed by atoms with Crippen LogP contribution in [-0.2, 0) is 6.54 Å². The van der Waals surface area contributed by atoms with Crippen LogP contribution in [0.5, 0.6) is 0 Å². The van der Waals surface area contributed by atoms with Crippen LogP contribution in [0.1, 0.15) is 15.9 Å². The maximum atomic E-state index is 11.2. The van der Waals surface area contributed by atoms with E-state index >= 15 is 0 Å². The number of anilines is 1. The summed E-state index contributed by atoms with van der Waals surface area (Å²) < 4.78 is 0.551. The number of carbonyl (C=O) groups is 1. The van der Waals surface area contributed by atoms with Gasteiger partial charge in [-0.25, -0.2) is 0 Å². The molecule has 3 rings (SSSR count). The molecule has 0 unspecified atom stereocenters. The number of benzene rings is 2. The zero-order valence-corrected chi connectivity index (χ0v) is 14.9. The zero-order chi connectivity index (χ0) is 18.5. The van der Waals surface area contributed by atoms with Crippen molar-refractivity contribution in [3.05, 3.63) is 69.8 Å². The number of hydrogen-bond acceptors (Lipinski definition) is 8. The van der Waals surface area contributed by atoms with Crippen LogP contribution in [0.2, 0.25) is 0 Å². The lowest BCUT2D eigenvalue weighted by molar-refractivity contribution is -0.387. The third-order valence-electron chi connectivity index (χ3n) is 3.33. The van der Waals surface area contributed by atoms with Gasteiger partial charge in [0.25, 0.3) is 5.69 Å². The van der Waals surface area contributed by atoms with Crippen LogP contribution in [0.25, 0.3) is 0 Å². The van der Waals surface area contributed by atoms with Gasteiger partial charge in [-0.05, 0) is 29.5 Å². The molecule has 0 spiro atoms. The van der Waals surface area contributed by atoms with Crippen molar-refractivity contribution in [2.24, 2.45) is 5.73 Å². The quantitative estimate of drug-likeness (QED) is 0.471. The summed E-state index contributed by atoms with van der Waals surface area (Å²) in [5.74, 6) is -0.715. The first-order chi connectivity index (χ1) is 12.5. The molecule has 0 saturated carbocycles. The maximum absolute atomic E-state index is 11.2. The van der Waals surface area contributed by atoms with Crippen molar-refractivity contribution in [2.45, 2.75) is 15.8 Å². The average Bonchev–Trinajstić information content (AvgIpc) is 3.08. The summed E-state index contributed by atoms with van der Waals surface area (Å²) in [7, 11) is 0. The molecule has 0 radical (unpaired) electrons. The molecule has 132 valence electrons. The van der Waals surface area contributed by atoms with Crippen molar-refractivity contribution in [1.29, 1.82) is 0 Å². The van der Waals surface area contributed by atoms with E-state index in [2.05, 4.69) is 15.5 Å². The van der Waals surface area contributed by atoms with E-state index in [4.69, 9.17) is 5.73 Å². The highest BCUT2D eigenvalue weighted by atomic mass is 32.2. The van der Waals surface area contributed by atoms with Gasteiger partial charge in [0, 0.05) is 18.2 Å². The minimum Gasteiger partial charge on any atom is -0.366 e. The third kappa shape index (κ3) is 4.35. The van der Waals surface area contributed by atoms with Gasteiger partial charge in [-0.3, -0.25) is 14.9 Å². The van der Waals surface area contributed by atoms with Crippen molar-refractivity contribution in [1.82, 2.24) is 10.2 Å².